The standard InChI is InChI=1S/C11H13N3O/c1-8-5-7-15-10(8)11-13-12-9-4-2-3-6-14(9)11/h5,7H,2-4,6H2,1H3. The molecule has 1 aliphatic rings. The van der Waals surface area contributed by atoms with Gasteiger partial charge in [-0.25, -0.2) is 0 Å². The topological polar surface area (TPSA) is 43.9 Å². The first-order chi connectivity index (χ1) is 7.36. The number of hydrogen-bond donors (Lipinski definition) is 0. The SMILES string of the molecule is Cc1ccoc1-c1nnc2n1CCCC2. The first-order valence-corrected chi connectivity index (χ1v) is 5.33. The van der Waals surface area contributed by atoms with E-state index < -0.39 is 0 Å². The Labute approximate surface area is 87.9 Å². The van der Waals surface area contributed by atoms with Crippen LogP contribution < -0.4 is 0 Å². The number of furan rings is 1. The van der Waals surface area contributed by atoms with Crippen molar-refractivity contribution in [3.8, 4) is 11.6 Å². The van der Waals surface area contributed by atoms with E-state index in [4.69, 9.17) is 4.42 Å². The van der Waals surface area contributed by atoms with E-state index in [1.165, 1.54) is 12.8 Å². The summed E-state index contributed by atoms with van der Waals surface area (Å²) >= 11 is 0. The first-order valence-electron chi connectivity index (χ1n) is 5.33. The minimum Gasteiger partial charge on any atom is -0.461 e. The lowest BCUT2D eigenvalue weighted by Gasteiger charge is -2.13. The van der Waals surface area contributed by atoms with Crippen molar-refractivity contribution in [2.45, 2.75) is 32.7 Å². The Hall–Kier alpha value is -1.58. The molecule has 0 atom stereocenters. The van der Waals surface area contributed by atoms with Gasteiger partial charge in [0.05, 0.1) is 6.26 Å². The molecule has 0 N–H and O–H groups in total. The molecule has 78 valence electrons. The fourth-order valence-electron chi connectivity index (χ4n) is 2.08. The van der Waals surface area contributed by atoms with Crippen LogP contribution in [0.3, 0.4) is 0 Å². The summed E-state index contributed by atoms with van der Waals surface area (Å²) in [6.07, 6.45) is 5.16. The maximum absolute atomic E-state index is 5.45. The fourth-order valence-corrected chi connectivity index (χ4v) is 2.08. The normalized spacial score (nSPS) is 15.3. The van der Waals surface area contributed by atoms with Gasteiger partial charge in [-0.3, -0.25) is 0 Å². The summed E-state index contributed by atoms with van der Waals surface area (Å²) in [6.45, 7) is 3.04. The minimum atomic E-state index is 0.857. The Bertz CT molecular complexity index is 484. The molecule has 4 nitrogen and oxygen atoms in total. The maximum Gasteiger partial charge on any atom is 0.200 e. The van der Waals surface area contributed by atoms with Gasteiger partial charge in [-0.1, -0.05) is 0 Å². The molecule has 1 aliphatic heterocycles. The van der Waals surface area contributed by atoms with E-state index in [0.717, 1.165) is 35.9 Å². The maximum atomic E-state index is 5.45. The van der Waals surface area contributed by atoms with Crippen molar-refractivity contribution < 1.29 is 4.42 Å². The number of rotatable bonds is 1. The van der Waals surface area contributed by atoms with Crippen LogP contribution >= 0.6 is 0 Å². The van der Waals surface area contributed by atoms with Crippen molar-refractivity contribution in [1.29, 1.82) is 0 Å². The number of aryl methyl sites for hydroxylation is 2. The summed E-state index contributed by atoms with van der Waals surface area (Å²) < 4.78 is 7.63. The van der Waals surface area contributed by atoms with E-state index in [2.05, 4.69) is 14.8 Å². The molecular formula is C11H13N3O. The molecule has 2 aromatic rings. The Kier molecular flexibility index (Phi) is 1.87. The third kappa shape index (κ3) is 1.28. The second-order valence-electron chi connectivity index (χ2n) is 3.98. The third-order valence-corrected chi connectivity index (χ3v) is 2.92. The lowest BCUT2D eigenvalue weighted by atomic mass is 10.1. The van der Waals surface area contributed by atoms with Gasteiger partial charge in [-0.15, -0.1) is 10.2 Å². The van der Waals surface area contributed by atoms with Crippen molar-refractivity contribution in [3.63, 3.8) is 0 Å². The highest BCUT2D eigenvalue weighted by Crippen LogP contribution is 2.25. The van der Waals surface area contributed by atoms with E-state index in [9.17, 15) is 0 Å². The molecule has 3 rings (SSSR count). The zero-order valence-corrected chi connectivity index (χ0v) is 8.73. The van der Waals surface area contributed by atoms with Gasteiger partial charge >= 0.3 is 0 Å². The number of fused-ring (bicyclic) bond motifs is 1. The Balaban J connectivity index is 2.13. The van der Waals surface area contributed by atoms with E-state index in [0.29, 0.717) is 0 Å². The lowest BCUT2D eigenvalue weighted by molar-refractivity contribution is 0.513. The zero-order chi connectivity index (χ0) is 10.3. The molecule has 2 aromatic heterocycles. The average molecular weight is 203 g/mol. The van der Waals surface area contributed by atoms with Crippen molar-refractivity contribution in [3.05, 3.63) is 23.7 Å². The van der Waals surface area contributed by atoms with E-state index in [1.54, 1.807) is 6.26 Å². The molecule has 0 radical (unpaired) electrons. The summed E-state index contributed by atoms with van der Waals surface area (Å²) in [5.74, 6) is 2.83. The van der Waals surface area contributed by atoms with Gasteiger partial charge in [0.1, 0.15) is 5.82 Å². The van der Waals surface area contributed by atoms with Gasteiger partial charge in [0.25, 0.3) is 0 Å². The second kappa shape index (κ2) is 3.22. The number of hydrogen-bond acceptors (Lipinski definition) is 3. The highest BCUT2D eigenvalue weighted by atomic mass is 16.3. The molecule has 4 heteroatoms. The van der Waals surface area contributed by atoms with Gasteiger partial charge in [-0.2, -0.15) is 0 Å². The molecule has 0 aliphatic carbocycles. The second-order valence-corrected chi connectivity index (χ2v) is 3.98. The van der Waals surface area contributed by atoms with Crippen LogP contribution in [0.25, 0.3) is 11.6 Å². The van der Waals surface area contributed by atoms with Crippen molar-refractivity contribution in [2.24, 2.45) is 0 Å². The van der Waals surface area contributed by atoms with Crippen LogP contribution in [-0.4, -0.2) is 14.8 Å². The van der Waals surface area contributed by atoms with Crippen molar-refractivity contribution in [2.75, 3.05) is 0 Å². The van der Waals surface area contributed by atoms with Crippen LogP contribution in [0.5, 0.6) is 0 Å². The molecule has 0 bridgehead atoms. The van der Waals surface area contributed by atoms with E-state index >= 15 is 0 Å². The van der Waals surface area contributed by atoms with Crippen molar-refractivity contribution in [1.82, 2.24) is 14.8 Å². The molecule has 0 fully saturated rings. The summed E-state index contributed by atoms with van der Waals surface area (Å²) in [5, 5.41) is 8.43. The molecule has 0 unspecified atom stereocenters. The Morgan fingerprint density at radius 2 is 2.27 bits per heavy atom. The molecule has 0 saturated heterocycles. The first kappa shape index (κ1) is 8.71. The fraction of sp³-hybridized carbons (Fsp3) is 0.455. The molecule has 15 heavy (non-hydrogen) atoms. The summed E-state index contributed by atoms with van der Waals surface area (Å²) in [4.78, 5) is 0. The summed E-state index contributed by atoms with van der Waals surface area (Å²) in [6, 6.07) is 1.96. The molecule has 0 spiro atoms. The molecule has 0 saturated carbocycles. The minimum absolute atomic E-state index is 0.857. The van der Waals surface area contributed by atoms with E-state index in [-0.39, 0.29) is 0 Å². The third-order valence-electron chi connectivity index (χ3n) is 2.92. The molecular weight excluding hydrogens is 190 g/mol. The lowest BCUT2D eigenvalue weighted by Crippen LogP contribution is -2.11. The quantitative estimate of drug-likeness (QED) is 0.713. The average Bonchev–Trinajstić information content (AvgIpc) is 2.83. The molecule has 0 amide bonds. The predicted octanol–water partition coefficient (Wildman–Crippen LogP) is 2.18. The van der Waals surface area contributed by atoms with Crippen LogP contribution in [0, 0.1) is 6.92 Å². The molecule has 0 aromatic carbocycles. The van der Waals surface area contributed by atoms with Crippen molar-refractivity contribution >= 4 is 0 Å². The highest BCUT2D eigenvalue weighted by Gasteiger charge is 2.19. The van der Waals surface area contributed by atoms with Crippen LogP contribution in [0.15, 0.2) is 16.7 Å². The van der Waals surface area contributed by atoms with Gasteiger partial charge in [-0.05, 0) is 31.4 Å². The Morgan fingerprint density at radius 1 is 1.33 bits per heavy atom. The highest BCUT2D eigenvalue weighted by molar-refractivity contribution is 5.52. The van der Waals surface area contributed by atoms with Crippen LogP contribution in [-0.2, 0) is 13.0 Å². The van der Waals surface area contributed by atoms with Gasteiger partial charge < -0.3 is 8.98 Å². The van der Waals surface area contributed by atoms with Crippen LogP contribution in [0.1, 0.15) is 24.2 Å². The van der Waals surface area contributed by atoms with Gasteiger partial charge in [0.2, 0.25) is 0 Å². The van der Waals surface area contributed by atoms with Gasteiger partial charge in [0, 0.05) is 13.0 Å². The monoisotopic (exact) mass is 203 g/mol. The van der Waals surface area contributed by atoms with Gasteiger partial charge in [0.15, 0.2) is 11.6 Å². The zero-order valence-electron chi connectivity index (χ0n) is 8.73. The largest absolute Gasteiger partial charge is 0.461 e. The van der Waals surface area contributed by atoms with Crippen LogP contribution in [0.2, 0.25) is 0 Å². The number of nitrogens with zero attached hydrogens (tertiary/aromatic N) is 3. The van der Waals surface area contributed by atoms with Crippen LogP contribution in [0.4, 0.5) is 0 Å². The predicted molar refractivity (Wildman–Crippen MR) is 55.4 cm³/mol. The number of aromatic nitrogens is 3. The summed E-state index contributed by atoms with van der Waals surface area (Å²) in [5.41, 5.74) is 1.12. The molecule has 3 heterocycles. The smallest absolute Gasteiger partial charge is 0.200 e. The Morgan fingerprint density at radius 3 is 3.07 bits per heavy atom. The van der Waals surface area contributed by atoms with E-state index in [1.807, 2.05) is 13.0 Å². The summed E-state index contributed by atoms with van der Waals surface area (Å²) in [7, 11) is 0.